The van der Waals surface area contributed by atoms with Crippen molar-refractivity contribution in [2.75, 3.05) is 20.3 Å². The maximum atomic E-state index is 5.82. The van der Waals surface area contributed by atoms with Crippen molar-refractivity contribution >= 4 is 0 Å². The van der Waals surface area contributed by atoms with Gasteiger partial charge in [-0.3, -0.25) is 0 Å². The lowest BCUT2D eigenvalue weighted by atomic mass is 10.2. The van der Waals surface area contributed by atoms with E-state index in [9.17, 15) is 0 Å². The quantitative estimate of drug-likeness (QED) is 0.459. The number of methoxy groups -OCH3 is 1. The molecule has 0 heterocycles. The largest absolute Gasteiger partial charge is 0.493 e. The summed E-state index contributed by atoms with van der Waals surface area (Å²) in [6.07, 6.45) is 7.62. The van der Waals surface area contributed by atoms with Crippen molar-refractivity contribution in [2.24, 2.45) is 0 Å². The average Bonchev–Trinajstić information content (AvgIpc) is 2.51. The fraction of sp³-hybridized carbons (Fsp3) is 0.556. The van der Waals surface area contributed by atoms with Gasteiger partial charge in [0.2, 0.25) is 0 Å². The van der Waals surface area contributed by atoms with Gasteiger partial charge in [-0.2, -0.15) is 0 Å². The SMILES string of the molecule is C=CCCCCCOc1ccc(CNCCC)cc1OC. The Hall–Kier alpha value is -1.48. The van der Waals surface area contributed by atoms with Gasteiger partial charge in [0.15, 0.2) is 11.5 Å². The lowest BCUT2D eigenvalue weighted by molar-refractivity contribution is 0.285. The Balaban J connectivity index is 2.41. The molecule has 0 aliphatic rings. The summed E-state index contributed by atoms with van der Waals surface area (Å²) in [4.78, 5) is 0. The predicted octanol–water partition coefficient (Wildman–Crippen LogP) is 4.32. The second-order valence-electron chi connectivity index (χ2n) is 5.15. The summed E-state index contributed by atoms with van der Waals surface area (Å²) in [5.74, 6) is 1.65. The fourth-order valence-corrected chi connectivity index (χ4v) is 2.10. The monoisotopic (exact) mass is 291 g/mol. The van der Waals surface area contributed by atoms with Gasteiger partial charge in [-0.25, -0.2) is 0 Å². The molecule has 0 unspecified atom stereocenters. The number of allylic oxidation sites excluding steroid dienone is 1. The van der Waals surface area contributed by atoms with E-state index in [1.165, 1.54) is 18.4 Å². The van der Waals surface area contributed by atoms with Crippen LogP contribution in [-0.2, 0) is 6.54 Å². The van der Waals surface area contributed by atoms with Gasteiger partial charge in [0.25, 0.3) is 0 Å². The minimum Gasteiger partial charge on any atom is -0.493 e. The van der Waals surface area contributed by atoms with Crippen LogP contribution < -0.4 is 14.8 Å². The Labute approximate surface area is 129 Å². The van der Waals surface area contributed by atoms with Crippen LogP contribution in [0, 0.1) is 0 Å². The number of unbranched alkanes of at least 4 members (excludes halogenated alkanes) is 3. The summed E-state index contributed by atoms with van der Waals surface area (Å²) in [6, 6.07) is 6.15. The molecule has 0 aromatic heterocycles. The molecule has 21 heavy (non-hydrogen) atoms. The van der Waals surface area contributed by atoms with E-state index in [-0.39, 0.29) is 0 Å². The highest BCUT2D eigenvalue weighted by Gasteiger charge is 2.05. The van der Waals surface area contributed by atoms with E-state index in [4.69, 9.17) is 9.47 Å². The van der Waals surface area contributed by atoms with Crippen LogP contribution in [0.5, 0.6) is 11.5 Å². The third-order valence-corrected chi connectivity index (χ3v) is 3.29. The molecule has 0 saturated carbocycles. The maximum Gasteiger partial charge on any atom is 0.161 e. The highest BCUT2D eigenvalue weighted by molar-refractivity contribution is 5.42. The summed E-state index contributed by atoms with van der Waals surface area (Å²) in [6.45, 7) is 8.53. The maximum absolute atomic E-state index is 5.82. The fourth-order valence-electron chi connectivity index (χ4n) is 2.10. The first-order chi connectivity index (χ1) is 10.3. The van der Waals surface area contributed by atoms with E-state index >= 15 is 0 Å². The molecule has 0 amide bonds. The van der Waals surface area contributed by atoms with E-state index in [0.29, 0.717) is 0 Å². The number of benzene rings is 1. The van der Waals surface area contributed by atoms with Crippen molar-refractivity contribution in [1.29, 1.82) is 0 Å². The van der Waals surface area contributed by atoms with Gasteiger partial charge in [0.05, 0.1) is 13.7 Å². The van der Waals surface area contributed by atoms with Crippen LogP contribution in [0.1, 0.15) is 44.6 Å². The van der Waals surface area contributed by atoms with Crippen LogP contribution in [0.25, 0.3) is 0 Å². The topological polar surface area (TPSA) is 30.5 Å². The number of nitrogens with one attached hydrogen (secondary N) is 1. The molecule has 1 aromatic rings. The van der Waals surface area contributed by atoms with Crippen molar-refractivity contribution in [3.05, 3.63) is 36.4 Å². The van der Waals surface area contributed by atoms with E-state index in [0.717, 1.165) is 50.5 Å². The van der Waals surface area contributed by atoms with Gasteiger partial charge in [0, 0.05) is 6.54 Å². The van der Waals surface area contributed by atoms with E-state index in [2.05, 4.69) is 31.0 Å². The molecule has 0 saturated heterocycles. The number of hydrogen-bond donors (Lipinski definition) is 1. The molecule has 0 spiro atoms. The third kappa shape index (κ3) is 7.19. The highest BCUT2D eigenvalue weighted by Crippen LogP contribution is 2.28. The van der Waals surface area contributed by atoms with Crippen LogP contribution in [-0.4, -0.2) is 20.3 Å². The minimum absolute atomic E-state index is 0.737. The molecule has 0 aliphatic carbocycles. The Morgan fingerprint density at radius 3 is 2.76 bits per heavy atom. The number of ether oxygens (including phenoxy) is 2. The van der Waals surface area contributed by atoms with Crippen molar-refractivity contribution in [3.8, 4) is 11.5 Å². The van der Waals surface area contributed by atoms with Crippen LogP contribution >= 0.6 is 0 Å². The second-order valence-corrected chi connectivity index (χ2v) is 5.15. The van der Waals surface area contributed by atoms with Gasteiger partial charge in [-0.05, 0) is 56.3 Å². The molecule has 0 fully saturated rings. The summed E-state index contributed by atoms with van der Waals surface area (Å²) >= 11 is 0. The predicted molar refractivity (Wildman–Crippen MR) is 89.2 cm³/mol. The van der Waals surface area contributed by atoms with E-state index in [1.807, 2.05) is 12.1 Å². The second kappa shape index (κ2) is 11.2. The molecular formula is C18H29NO2. The molecular weight excluding hydrogens is 262 g/mol. The smallest absolute Gasteiger partial charge is 0.161 e. The first-order valence-corrected chi connectivity index (χ1v) is 7.93. The Morgan fingerprint density at radius 2 is 2.05 bits per heavy atom. The Kier molecular flexibility index (Phi) is 9.38. The standard InChI is InChI=1S/C18H29NO2/c1-4-6-7-8-9-13-21-17-11-10-16(14-18(17)20-3)15-19-12-5-2/h4,10-11,14,19H,1,5-9,12-13,15H2,2-3H3. The summed E-state index contributed by atoms with van der Waals surface area (Å²) in [7, 11) is 1.69. The molecule has 118 valence electrons. The van der Waals surface area contributed by atoms with Crippen LogP contribution in [0.4, 0.5) is 0 Å². The van der Waals surface area contributed by atoms with E-state index < -0.39 is 0 Å². The molecule has 0 bridgehead atoms. The Bertz CT molecular complexity index is 404. The molecule has 3 heteroatoms. The molecule has 3 nitrogen and oxygen atoms in total. The minimum atomic E-state index is 0.737. The van der Waals surface area contributed by atoms with Gasteiger partial charge in [-0.1, -0.05) is 19.1 Å². The molecule has 0 radical (unpaired) electrons. The van der Waals surface area contributed by atoms with Gasteiger partial charge >= 0.3 is 0 Å². The Morgan fingerprint density at radius 1 is 1.19 bits per heavy atom. The molecule has 1 rings (SSSR count). The van der Waals surface area contributed by atoms with Crippen molar-refractivity contribution < 1.29 is 9.47 Å². The molecule has 0 aliphatic heterocycles. The lowest BCUT2D eigenvalue weighted by Gasteiger charge is -2.12. The molecule has 0 atom stereocenters. The van der Waals surface area contributed by atoms with E-state index in [1.54, 1.807) is 7.11 Å². The van der Waals surface area contributed by atoms with Crippen LogP contribution in [0.15, 0.2) is 30.9 Å². The van der Waals surface area contributed by atoms with Crippen LogP contribution in [0.2, 0.25) is 0 Å². The number of rotatable bonds is 12. The normalized spacial score (nSPS) is 10.4. The zero-order chi connectivity index (χ0) is 15.3. The first kappa shape index (κ1) is 17.6. The van der Waals surface area contributed by atoms with Crippen molar-refractivity contribution in [2.45, 2.75) is 45.6 Å². The van der Waals surface area contributed by atoms with Gasteiger partial charge in [0.1, 0.15) is 0 Å². The van der Waals surface area contributed by atoms with Gasteiger partial charge in [-0.15, -0.1) is 6.58 Å². The van der Waals surface area contributed by atoms with Gasteiger partial charge < -0.3 is 14.8 Å². The zero-order valence-electron chi connectivity index (χ0n) is 13.5. The average molecular weight is 291 g/mol. The summed E-state index contributed by atoms with van der Waals surface area (Å²) < 4.78 is 11.2. The molecule has 1 N–H and O–H groups in total. The molecule has 1 aromatic carbocycles. The third-order valence-electron chi connectivity index (χ3n) is 3.29. The zero-order valence-corrected chi connectivity index (χ0v) is 13.5. The summed E-state index contributed by atoms with van der Waals surface area (Å²) in [5.41, 5.74) is 1.22. The van der Waals surface area contributed by atoms with Crippen molar-refractivity contribution in [3.63, 3.8) is 0 Å². The highest BCUT2D eigenvalue weighted by atomic mass is 16.5. The van der Waals surface area contributed by atoms with Crippen molar-refractivity contribution in [1.82, 2.24) is 5.32 Å². The number of hydrogen-bond acceptors (Lipinski definition) is 3. The first-order valence-electron chi connectivity index (χ1n) is 7.93. The lowest BCUT2D eigenvalue weighted by Crippen LogP contribution is -2.13. The van der Waals surface area contributed by atoms with Crippen LogP contribution in [0.3, 0.4) is 0 Å². The summed E-state index contributed by atoms with van der Waals surface area (Å²) in [5, 5.41) is 3.39.